The predicted octanol–water partition coefficient (Wildman–Crippen LogP) is 3.32. The maximum atomic E-state index is 13.7. The van der Waals surface area contributed by atoms with Crippen LogP contribution in [0.5, 0.6) is 17.2 Å². The van der Waals surface area contributed by atoms with Gasteiger partial charge in [-0.05, 0) is 57.4 Å². The molecule has 1 atom stereocenters. The largest absolute Gasteiger partial charge is 0.497 e. The Labute approximate surface area is 192 Å². The smallest absolute Gasteiger partial charge is 0.290 e. The Morgan fingerprint density at radius 3 is 2.33 bits per heavy atom. The zero-order chi connectivity index (χ0) is 23.7. The van der Waals surface area contributed by atoms with Gasteiger partial charge in [0.1, 0.15) is 22.8 Å². The van der Waals surface area contributed by atoms with E-state index in [2.05, 4.69) is 4.90 Å². The lowest BCUT2D eigenvalue weighted by Gasteiger charge is -2.27. The molecule has 4 rings (SSSR count). The van der Waals surface area contributed by atoms with Crippen LogP contribution < -0.4 is 19.6 Å². The van der Waals surface area contributed by atoms with E-state index < -0.39 is 6.04 Å². The van der Waals surface area contributed by atoms with Crippen LogP contribution in [-0.2, 0) is 0 Å². The average Bonchev–Trinajstić information content (AvgIpc) is 3.09. The highest BCUT2D eigenvalue weighted by Crippen LogP contribution is 2.43. The maximum Gasteiger partial charge on any atom is 0.290 e. The molecule has 0 radical (unpaired) electrons. The highest BCUT2D eigenvalue weighted by Gasteiger charge is 2.43. The minimum Gasteiger partial charge on any atom is -0.497 e. The van der Waals surface area contributed by atoms with Crippen LogP contribution in [0.15, 0.2) is 45.6 Å². The molecule has 1 amide bonds. The van der Waals surface area contributed by atoms with Crippen LogP contribution in [0.3, 0.4) is 0 Å². The number of rotatable bonds is 8. The van der Waals surface area contributed by atoms with Gasteiger partial charge in [0, 0.05) is 18.2 Å². The van der Waals surface area contributed by atoms with Gasteiger partial charge in [0.2, 0.25) is 5.76 Å². The number of benzene rings is 2. The summed E-state index contributed by atoms with van der Waals surface area (Å²) in [6.07, 6.45) is 0.733. The maximum absolute atomic E-state index is 13.7. The first-order valence-electron chi connectivity index (χ1n) is 10.7. The van der Waals surface area contributed by atoms with Gasteiger partial charge >= 0.3 is 0 Å². The zero-order valence-corrected chi connectivity index (χ0v) is 19.5. The number of amides is 1. The van der Waals surface area contributed by atoms with E-state index in [0.29, 0.717) is 45.9 Å². The number of methoxy groups -OCH3 is 3. The van der Waals surface area contributed by atoms with Gasteiger partial charge in [-0.1, -0.05) is 0 Å². The van der Waals surface area contributed by atoms with E-state index in [1.807, 2.05) is 20.2 Å². The molecule has 1 aliphatic heterocycles. The molecule has 2 heterocycles. The molecule has 2 aromatic carbocycles. The van der Waals surface area contributed by atoms with Gasteiger partial charge < -0.3 is 28.4 Å². The number of nitrogens with zero attached hydrogens (tertiary/aromatic N) is 2. The summed E-state index contributed by atoms with van der Waals surface area (Å²) in [7, 11) is 8.63. The second-order valence-electron chi connectivity index (χ2n) is 8.20. The zero-order valence-electron chi connectivity index (χ0n) is 19.5. The molecule has 0 bridgehead atoms. The lowest BCUT2D eigenvalue weighted by molar-refractivity contribution is 0.0720. The Hall–Kier alpha value is -3.52. The van der Waals surface area contributed by atoms with Crippen molar-refractivity contribution < 1.29 is 23.4 Å². The SMILES string of the molecule is COc1ccc(OC)c([C@H]2c3c(oc4cc(OC)ccc4c3=O)C(=O)N2CCCN(C)C)c1. The molecule has 0 unspecified atom stereocenters. The third kappa shape index (κ3) is 4.02. The summed E-state index contributed by atoms with van der Waals surface area (Å²) in [4.78, 5) is 30.9. The molecule has 0 spiro atoms. The standard InChI is InChI=1S/C25H28N2O6/c1-26(2)11-6-12-27-22(18-13-15(30-3)8-10-19(18)32-5)21-23(28)17-9-7-16(31-4)14-20(17)33-24(21)25(27)29/h7-10,13-14,22H,6,11-12H2,1-5H3/t22-/m0/s1. The van der Waals surface area contributed by atoms with Crippen LogP contribution in [0.2, 0.25) is 0 Å². The van der Waals surface area contributed by atoms with E-state index in [-0.39, 0.29) is 17.1 Å². The molecule has 1 aromatic heterocycles. The Bertz CT molecular complexity index is 1250. The number of carbonyl (C=O) groups is 1. The molecule has 0 N–H and O–H groups in total. The van der Waals surface area contributed by atoms with Crippen LogP contribution >= 0.6 is 0 Å². The molecule has 3 aromatic rings. The number of hydrogen-bond acceptors (Lipinski definition) is 7. The van der Waals surface area contributed by atoms with Gasteiger partial charge in [0.25, 0.3) is 5.91 Å². The van der Waals surface area contributed by atoms with Crippen molar-refractivity contribution in [1.29, 1.82) is 0 Å². The van der Waals surface area contributed by atoms with Crippen molar-refractivity contribution in [2.45, 2.75) is 12.5 Å². The highest BCUT2D eigenvalue weighted by molar-refractivity contribution is 5.99. The Morgan fingerprint density at radius 1 is 0.970 bits per heavy atom. The summed E-state index contributed by atoms with van der Waals surface area (Å²) in [6, 6.07) is 9.72. The van der Waals surface area contributed by atoms with Crippen LogP contribution in [0, 0.1) is 0 Å². The van der Waals surface area contributed by atoms with Gasteiger partial charge in [0.05, 0.1) is 38.3 Å². The lowest BCUT2D eigenvalue weighted by Crippen LogP contribution is -2.32. The Kier molecular flexibility index (Phi) is 6.29. The predicted molar refractivity (Wildman–Crippen MR) is 125 cm³/mol. The summed E-state index contributed by atoms with van der Waals surface area (Å²) in [6.45, 7) is 1.24. The summed E-state index contributed by atoms with van der Waals surface area (Å²) < 4.78 is 22.3. The molecule has 33 heavy (non-hydrogen) atoms. The third-order valence-electron chi connectivity index (χ3n) is 5.91. The van der Waals surface area contributed by atoms with E-state index in [4.69, 9.17) is 18.6 Å². The second kappa shape index (κ2) is 9.15. The minimum atomic E-state index is -0.650. The van der Waals surface area contributed by atoms with Crippen molar-refractivity contribution in [3.63, 3.8) is 0 Å². The van der Waals surface area contributed by atoms with E-state index >= 15 is 0 Å². The topological polar surface area (TPSA) is 81.4 Å². The lowest BCUT2D eigenvalue weighted by atomic mass is 9.97. The molecular weight excluding hydrogens is 424 g/mol. The Balaban J connectivity index is 1.94. The second-order valence-corrected chi connectivity index (χ2v) is 8.20. The first-order valence-corrected chi connectivity index (χ1v) is 10.7. The molecule has 8 heteroatoms. The van der Waals surface area contributed by atoms with Crippen LogP contribution in [0.25, 0.3) is 11.0 Å². The fourth-order valence-corrected chi connectivity index (χ4v) is 4.29. The van der Waals surface area contributed by atoms with E-state index in [0.717, 1.165) is 13.0 Å². The summed E-state index contributed by atoms with van der Waals surface area (Å²) >= 11 is 0. The van der Waals surface area contributed by atoms with Gasteiger partial charge in [-0.25, -0.2) is 0 Å². The number of ether oxygens (including phenoxy) is 3. The molecule has 0 saturated heterocycles. The quantitative estimate of drug-likeness (QED) is 0.519. The van der Waals surface area contributed by atoms with Gasteiger partial charge in [-0.3, -0.25) is 9.59 Å². The van der Waals surface area contributed by atoms with Crippen molar-refractivity contribution in [2.24, 2.45) is 0 Å². The first kappa shape index (κ1) is 22.7. The molecular formula is C25H28N2O6. The number of fused-ring (bicyclic) bond motifs is 2. The summed E-state index contributed by atoms with van der Waals surface area (Å²) in [5, 5.41) is 0.393. The van der Waals surface area contributed by atoms with Crippen molar-refractivity contribution in [3.05, 3.63) is 63.5 Å². The van der Waals surface area contributed by atoms with Crippen LogP contribution in [0.4, 0.5) is 0 Å². The van der Waals surface area contributed by atoms with Crippen molar-refractivity contribution in [2.75, 3.05) is 48.5 Å². The Morgan fingerprint density at radius 2 is 1.67 bits per heavy atom. The summed E-state index contributed by atoms with van der Waals surface area (Å²) in [5.74, 6) is 1.45. The van der Waals surface area contributed by atoms with E-state index in [1.54, 1.807) is 49.5 Å². The molecule has 0 saturated carbocycles. The molecule has 1 aliphatic rings. The monoisotopic (exact) mass is 452 g/mol. The van der Waals surface area contributed by atoms with Gasteiger partial charge in [0.15, 0.2) is 5.43 Å². The molecule has 174 valence electrons. The minimum absolute atomic E-state index is 0.0560. The van der Waals surface area contributed by atoms with E-state index in [9.17, 15) is 9.59 Å². The molecule has 0 aliphatic carbocycles. The van der Waals surface area contributed by atoms with Crippen molar-refractivity contribution in [3.8, 4) is 17.2 Å². The van der Waals surface area contributed by atoms with Gasteiger partial charge in [-0.2, -0.15) is 0 Å². The van der Waals surface area contributed by atoms with Crippen LogP contribution in [0.1, 0.15) is 34.1 Å². The van der Waals surface area contributed by atoms with Gasteiger partial charge in [-0.15, -0.1) is 0 Å². The molecule has 0 fully saturated rings. The highest BCUT2D eigenvalue weighted by atomic mass is 16.5. The number of carbonyl (C=O) groups excluding carboxylic acids is 1. The first-order chi connectivity index (χ1) is 15.9. The van der Waals surface area contributed by atoms with Crippen molar-refractivity contribution in [1.82, 2.24) is 9.80 Å². The number of hydrogen-bond donors (Lipinski definition) is 0. The molecule has 8 nitrogen and oxygen atoms in total. The normalized spacial score (nSPS) is 15.3. The van der Waals surface area contributed by atoms with Crippen LogP contribution in [-0.4, -0.2) is 64.2 Å². The fourth-order valence-electron chi connectivity index (χ4n) is 4.29. The summed E-state index contributed by atoms with van der Waals surface area (Å²) in [5.41, 5.74) is 1.06. The average molecular weight is 453 g/mol. The van der Waals surface area contributed by atoms with Crippen molar-refractivity contribution >= 4 is 16.9 Å². The third-order valence-corrected chi connectivity index (χ3v) is 5.91. The van der Waals surface area contributed by atoms with E-state index in [1.165, 1.54) is 7.11 Å². The fraction of sp³-hybridized carbons (Fsp3) is 0.360.